The minimum Gasteiger partial charge on any atom is -0.399 e. The Labute approximate surface area is 113 Å². The molecule has 0 bridgehead atoms. The first kappa shape index (κ1) is 12.5. The first-order chi connectivity index (χ1) is 9.10. The van der Waals surface area contributed by atoms with Gasteiger partial charge in [0.1, 0.15) is 0 Å². The number of benzene rings is 1. The van der Waals surface area contributed by atoms with Crippen LogP contribution < -0.4 is 11.1 Å². The summed E-state index contributed by atoms with van der Waals surface area (Å²) in [5.41, 5.74) is 7.14. The van der Waals surface area contributed by atoms with Gasteiger partial charge in [0.05, 0.1) is 11.5 Å². The van der Waals surface area contributed by atoms with Gasteiger partial charge < -0.3 is 16.2 Å². The molecule has 4 heteroatoms. The molecule has 2 saturated carbocycles. The number of carbonyl (C=O) groups is 1. The van der Waals surface area contributed by atoms with Crippen LogP contribution >= 0.6 is 0 Å². The molecule has 2 fully saturated rings. The predicted molar refractivity (Wildman–Crippen MR) is 73.5 cm³/mol. The Morgan fingerprint density at radius 1 is 1.32 bits per heavy atom. The molecular formula is C15H20N2O2. The van der Waals surface area contributed by atoms with E-state index >= 15 is 0 Å². The molecule has 1 aromatic rings. The summed E-state index contributed by atoms with van der Waals surface area (Å²) in [6.07, 6.45) is 3.30. The highest BCUT2D eigenvalue weighted by Crippen LogP contribution is 2.48. The maximum absolute atomic E-state index is 12.3. The Morgan fingerprint density at radius 2 is 1.95 bits per heavy atom. The molecule has 0 unspecified atom stereocenters. The molecule has 0 spiro atoms. The molecule has 102 valence electrons. The largest absolute Gasteiger partial charge is 0.399 e. The fourth-order valence-corrected chi connectivity index (χ4v) is 2.85. The number of nitrogen functional groups attached to an aromatic ring is 1. The number of nitrogens with one attached hydrogen (secondary N) is 1. The molecule has 0 saturated heterocycles. The van der Waals surface area contributed by atoms with Gasteiger partial charge in [-0.15, -0.1) is 0 Å². The molecule has 1 aromatic carbocycles. The third-order valence-corrected chi connectivity index (χ3v) is 4.41. The van der Waals surface area contributed by atoms with Gasteiger partial charge in [0.15, 0.2) is 0 Å². The van der Waals surface area contributed by atoms with Crippen molar-refractivity contribution in [3.8, 4) is 0 Å². The van der Waals surface area contributed by atoms with Gasteiger partial charge in [-0.1, -0.05) is 12.1 Å². The van der Waals surface area contributed by atoms with Crippen LogP contribution in [0.1, 0.15) is 31.2 Å². The number of nitrogens with two attached hydrogens (primary N) is 1. The summed E-state index contributed by atoms with van der Waals surface area (Å²) in [5, 5.41) is 12.3. The van der Waals surface area contributed by atoms with Gasteiger partial charge in [-0.05, 0) is 49.3 Å². The normalized spacial score (nSPS) is 27.4. The smallest absolute Gasteiger partial charge is 0.230 e. The van der Waals surface area contributed by atoms with Crippen LogP contribution in [-0.4, -0.2) is 23.7 Å². The minimum atomic E-state index is -0.323. The highest BCUT2D eigenvalue weighted by Gasteiger charge is 2.51. The number of carbonyl (C=O) groups excluding carboxylic acids is 1. The maximum Gasteiger partial charge on any atom is 0.230 e. The lowest BCUT2D eigenvalue weighted by molar-refractivity contribution is -0.124. The zero-order chi connectivity index (χ0) is 13.5. The zero-order valence-electron chi connectivity index (χ0n) is 10.9. The van der Waals surface area contributed by atoms with E-state index in [2.05, 4.69) is 5.32 Å². The standard InChI is InChI=1S/C15H20N2O2/c16-12-3-1-11(2-4-12)15(5-6-15)14(19)17-9-10-7-13(18)8-10/h1-4,10,13,18H,5-9,16H2,(H,17,19). The molecule has 3 rings (SSSR count). The van der Waals surface area contributed by atoms with Gasteiger partial charge in [-0.25, -0.2) is 0 Å². The lowest BCUT2D eigenvalue weighted by Gasteiger charge is -2.31. The first-order valence-electron chi connectivity index (χ1n) is 6.92. The van der Waals surface area contributed by atoms with E-state index in [1.165, 1.54) is 0 Å². The van der Waals surface area contributed by atoms with E-state index in [0.29, 0.717) is 12.5 Å². The Morgan fingerprint density at radius 3 is 2.47 bits per heavy atom. The molecular weight excluding hydrogens is 240 g/mol. The molecule has 19 heavy (non-hydrogen) atoms. The van der Waals surface area contributed by atoms with Gasteiger partial charge >= 0.3 is 0 Å². The van der Waals surface area contributed by atoms with Gasteiger partial charge in [0.25, 0.3) is 0 Å². The molecule has 1 amide bonds. The quantitative estimate of drug-likeness (QED) is 0.712. The Hall–Kier alpha value is -1.55. The molecule has 0 aromatic heterocycles. The van der Waals surface area contributed by atoms with Crippen LogP contribution in [0.3, 0.4) is 0 Å². The second-order valence-corrected chi connectivity index (χ2v) is 5.91. The van der Waals surface area contributed by atoms with Crippen LogP contribution in [0.2, 0.25) is 0 Å². The number of rotatable bonds is 4. The van der Waals surface area contributed by atoms with Crippen molar-refractivity contribution in [2.45, 2.75) is 37.2 Å². The fraction of sp³-hybridized carbons (Fsp3) is 0.533. The number of hydrogen-bond acceptors (Lipinski definition) is 3. The van der Waals surface area contributed by atoms with Crippen molar-refractivity contribution in [1.82, 2.24) is 5.32 Å². The summed E-state index contributed by atoms with van der Waals surface area (Å²) >= 11 is 0. The Balaban J connectivity index is 1.61. The minimum absolute atomic E-state index is 0.124. The molecule has 0 radical (unpaired) electrons. The SMILES string of the molecule is Nc1ccc(C2(C(=O)NCC3CC(O)C3)CC2)cc1. The monoisotopic (exact) mass is 260 g/mol. The molecule has 0 atom stereocenters. The maximum atomic E-state index is 12.3. The molecule has 0 aliphatic heterocycles. The highest BCUT2D eigenvalue weighted by atomic mass is 16.3. The van der Waals surface area contributed by atoms with Crippen molar-refractivity contribution in [2.75, 3.05) is 12.3 Å². The van der Waals surface area contributed by atoms with Crippen molar-refractivity contribution in [2.24, 2.45) is 5.92 Å². The van der Waals surface area contributed by atoms with E-state index in [9.17, 15) is 9.90 Å². The average Bonchev–Trinajstić information content (AvgIpc) is 3.15. The lowest BCUT2D eigenvalue weighted by Crippen LogP contribution is -2.42. The topological polar surface area (TPSA) is 75.4 Å². The predicted octanol–water partition coefficient (Wildman–Crippen LogP) is 1.19. The summed E-state index contributed by atoms with van der Waals surface area (Å²) in [4.78, 5) is 12.3. The molecule has 0 heterocycles. The van der Waals surface area contributed by atoms with Crippen LogP contribution in [0.25, 0.3) is 0 Å². The number of aliphatic hydroxyl groups is 1. The Bertz CT molecular complexity index is 473. The van der Waals surface area contributed by atoms with Crippen LogP contribution in [0.4, 0.5) is 5.69 Å². The molecule has 4 nitrogen and oxygen atoms in total. The summed E-state index contributed by atoms with van der Waals surface area (Å²) in [5.74, 6) is 0.569. The molecule has 2 aliphatic rings. The van der Waals surface area contributed by atoms with Crippen molar-refractivity contribution in [3.63, 3.8) is 0 Å². The van der Waals surface area contributed by atoms with Crippen molar-refractivity contribution < 1.29 is 9.90 Å². The first-order valence-corrected chi connectivity index (χ1v) is 6.92. The second-order valence-electron chi connectivity index (χ2n) is 5.91. The lowest BCUT2D eigenvalue weighted by atomic mass is 9.82. The van der Waals surface area contributed by atoms with Crippen LogP contribution in [-0.2, 0) is 10.2 Å². The second kappa shape index (κ2) is 4.53. The van der Waals surface area contributed by atoms with Crippen LogP contribution in [0.15, 0.2) is 24.3 Å². The third-order valence-electron chi connectivity index (χ3n) is 4.41. The number of aliphatic hydroxyl groups excluding tert-OH is 1. The third kappa shape index (κ3) is 2.32. The van der Waals surface area contributed by atoms with Crippen molar-refractivity contribution >= 4 is 11.6 Å². The Kier molecular flexibility index (Phi) is 2.97. The van der Waals surface area contributed by atoms with Gasteiger partial charge in [0, 0.05) is 12.2 Å². The zero-order valence-corrected chi connectivity index (χ0v) is 10.9. The van der Waals surface area contributed by atoms with E-state index in [-0.39, 0.29) is 17.4 Å². The van der Waals surface area contributed by atoms with Crippen LogP contribution in [0.5, 0.6) is 0 Å². The van der Waals surface area contributed by atoms with Gasteiger partial charge in [-0.3, -0.25) is 4.79 Å². The molecule has 2 aliphatic carbocycles. The fourth-order valence-electron chi connectivity index (χ4n) is 2.85. The van der Waals surface area contributed by atoms with Gasteiger partial charge in [0.2, 0.25) is 5.91 Å². The van der Waals surface area contributed by atoms with E-state index < -0.39 is 0 Å². The van der Waals surface area contributed by atoms with Gasteiger partial charge in [-0.2, -0.15) is 0 Å². The number of amides is 1. The van der Waals surface area contributed by atoms with E-state index in [0.717, 1.165) is 36.9 Å². The van der Waals surface area contributed by atoms with E-state index in [4.69, 9.17) is 5.73 Å². The van der Waals surface area contributed by atoms with Crippen molar-refractivity contribution in [1.29, 1.82) is 0 Å². The average molecular weight is 260 g/mol. The summed E-state index contributed by atoms with van der Waals surface area (Å²) < 4.78 is 0. The van der Waals surface area contributed by atoms with Crippen molar-refractivity contribution in [3.05, 3.63) is 29.8 Å². The van der Waals surface area contributed by atoms with E-state index in [1.807, 2.05) is 24.3 Å². The number of hydrogen-bond donors (Lipinski definition) is 3. The van der Waals surface area contributed by atoms with E-state index in [1.54, 1.807) is 0 Å². The summed E-state index contributed by atoms with van der Waals surface area (Å²) in [6, 6.07) is 7.61. The summed E-state index contributed by atoms with van der Waals surface area (Å²) in [7, 11) is 0. The highest BCUT2D eigenvalue weighted by molar-refractivity contribution is 5.91. The molecule has 4 N–H and O–H groups in total. The number of anilines is 1. The summed E-state index contributed by atoms with van der Waals surface area (Å²) in [6.45, 7) is 0.687. The van der Waals surface area contributed by atoms with Crippen LogP contribution in [0, 0.1) is 5.92 Å².